The van der Waals surface area contributed by atoms with Gasteiger partial charge in [-0.05, 0) is 60.8 Å². The summed E-state index contributed by atoms with van der Waals surface area (Å²) < 4.78 is 1.13. The fourth-order valence-corrected chi connectivity index (χ4v) is 3.03. The monoisotopic (exact) mass is 351 g/mol. The van der Waals surface area contributed by atoms with E-state index in [1.807, 2.05) is 12.1 Å². The number of benzene rings is 2. The Bertz CT molecular complexity index is 566. The number of halogens is 2. The first-order valence-electron chi connectivity index (χ1n) is 6.84. The van der Waals surface area contributed by atoms with Gasteiger partial charge in [0.05, 0.1) is 0 Å². The average molecular weight is 353 g/mol. The second-order valence-electron chi connectivity index (χ2n) is 4.94. The zero-order chi connectivity index (χ0) is 14.5. The molecule has 1 nitrogen and oxygen atoms in total. The van der Waals surface area contributed by atoms with Gasteiger partial charge in [0.25, 0.3) is 0 Å². The maximum atomic E-state index is 5.95. The van der Waals surface area contributed by atoms with Gasteiger partial charge in [-0.1, -0.05) is 52.7 Å². The summed E-state index contributed by atoms with van der Waals surface area (Å²) in [6.07, 6.45) is 0.966. The van der Waals surface area contributed by atoms with E-state index in [0.29, 0.717) is 6.04 Å². The molecule has 106 valence electrons. The van der Waals surface area contributed by atoms with Crippen LogP contribution < -0.4 is 5.32 Å². The molecule has 1 atom stereocenters. The van der Waals surface area contributed by atoms with E-state index in [1.54, 1.807) is 0 Å². The SMILES string of the molecule is CCNC(Cc1ccc(Cl)cc1)c1ccc(Br)cc1C. The molecule has 1 N–H and O–H groups in total. The quantitative estimate of drug-likeness (QED) is 0.769. The molecule has 2 aromatic carbocycles. The van der Waals surface area contributed by atoms with Gasteiger partial charge in [0, 0.05) is 15.5 Å². The van der Waals surface area contributed by atoms with Gasteiger partial charge in [0.15, 0.2) is 0 Å². The topological polar surface area (TPSA) is 12.0 Å². The van der Waals surface area contributed by atoms with Crippen molar-refractivity contribution in [3.8, 4) is 0 Å². The van der Waals surface area contributed by atoms with Gasteiger partial charge in [-0.15, -0.1) is 0 Å². The van der Waals surface area contributed by atoms with Gasteiger partial charge >= 0.3 is 0 Å². The predicted molar refractivity (Wildman–Crippen MR) is 90.5 cm³/mol. The van der Waals surface area contributed by atoms with Gasteiger partial charge in [-0.3, -0.25) is 0 Å². The maximum Gasteiger partial charge on any atom is 0.0406 e. The fourth-order valence-electron chi connectivity index (χ4n) is 2.42. The summed E-state index contributed by atoms with van der Waals surface area (Å²) in [6, 6.07) is 14.9. The zero-order valence-corrected chi connectivity index (χ0v) is 14.1. The van der Waals surface area contributed by atoms with Crippen LogP contribution in [0.2, 0.25) is 5.02 Å². The average Bonchev–Trinajstić information content (AvgIpc) is 2.41. The molecule has 0 spiro atoms. The number of rotatable bonds is 5. The summed E-state index contributed by atoms with van der Waals surface area (Å²) in [4.78, 5) is 0. The van der Waals surface area contributed by atoms with Crippen molar-refractivity contribution >= 4 is 27.5 Å². The van der Waals surface area contributed by atoms with E-state index >= 15 is 0 Å². The normalized spacial score (nSPS) is 12.4. The highest BCUT2D eigenvalue weighted by atomic mass is 79.9. The minimum Gasteiger partial charge on any atom is -0.310 e. The van der Waals surface area contributed by atoms with Crippen LogP contribution in [0.4, 0.5) is 0 Å². The molecule has 0 aliphatic carbocycles. The highest BCUT2D eigenvalue weighted by molar-refractivity contribution is 9.10. The lowest BCUT2D eigenvalue weighted by atomic mass is 9.95. The van der Waals surface area contributed by atoms with Crippen LogP contribution in [0.25, 0.3) is 0 Å². The van der Waals surface area contributed by atoms with Crippen molar-refractivity contribution in [2.45, 2.75) is 26.3 Å². The molecule has 1 unspecified atom stereocenters. The Balaban J connectivity index is 2.24. The Hall–Kier alpha value is -0.830. The first-order valence-corrected chi connectivity index (χ1v) is 8.01. The van der Waals surface area contributed by atoms with Gasteiger partial charge in [0.1, 0.15) is 0 Å². The van der Waals surface area contributed by atoms with Crippen LogP contribution in [0, 0.1) is 6.92 Å². The minimum absolute atomic E-state index is 0.328. The number of aryl methyl sites for hydroxylation is 1. The van der Waals surface area contributed by atoms with E-state index in [1.165, 1.54) is 16.7 Å². The van der Waals surface area contributed by atoms with E-state index < -0.39 is 0 Å². The fraction of sp³-hybridized carbons (Fsp3) is 0.294. The standard InChI is InChI=1S/C17H19BrClN/c1-3-20-17(11-13-4-7-15(19)8-5-13)16-9-6-14(18)10-12(16)2/h4-10,17,20H,3,11H2,1-2H3. The summed E-state index contributed by atoms with van der Waals surface area (Å²) in [5.41, 5.74) is 3.95. The molecule has 20 heavy (non-hydrogen) atoms. The molecule has 3 heteroatoms. The molecule has 0 radical (unpaired) electrons. The van der Waals surface area contributed by atoms with E-state index in [2.05, 4.69) is 65.4 Å². The van der Waals surface area contributed by atoms with E-state index in [9.17, 15) is 0 Å². The number of nitrogens with one attached hydrogen (secondary N) is 1. The number of likely N-dealkylation sites (N-methyl/N-ethyl adjacent to an activating group) is 1. The van der Waals surface area contributed by atoms with Crippen molar-refractivity contribution in [3.63, 3.8) is 0 Å². The second-order valence-corrected chi connectivity index (χ2v) is 6.29. The van der Waals surface area contributed by atoms with Gasteiger partial charge in [0.2, 0.25) is 0 Å². The molecule has 0 saturated heterocycles. The van der Waals surface area contributed by atoms with Crippen LogP contribution in [-0.4, -0.2) is 6.54 Å². The second kappa shape index (κ2) is 7.26. The molecule has 0 heterocycles. The highest BCUT2D eigenvalue weighted by Gasteiger charge is 2.13. The Morgan fingerprint density at radius 3 is 2.45 bits per heavy atom. The lowest BCUT2D eigenvalue weighted by molar-refractivity contribution is 0.547. The van der Waals surface area contributed by atoms with Crippen molar-refractivity contribution in [1.29, 1.82) is 0 Å². The van der Waals surface area contributed by atoms with E-state index in [0.717, 1.165) is 22.5 Å². The Kier molecular flexibility index (Phi) is 5.64. The van der Waals surface area contributed by atoms with Crippen molar-refractivity contribution in [2.24, 2.45) is 0 Å². The van der Waals surface area contributed by atoms with Crippen LogP contribution in [0.1, 0.15) is 29.7 Å². The van der Waals surface area contributed by atoms with Gasteiger partial charge in [-0.2, -0.15) is 0 Å². The summed E-state index contributed by atoms with van der Waals surface area (Å²) in [5.74, 6) is 0. The minimum atomic E-state index is 0.328. The lowest BCUT2D eigenvalue weighted by Crippen LogP contribution is -2.23. The van der Waals surface area contributed by atoms with Gasteiger partial charge < -0.3 is 5.32 Å². The van der Waals surface area contributed by atoms with Crippen LogP contribution in [0.15, 0.2) is 46.9 Å². The molecular weight excluding hydrogens is 334 g/mol. The summed E-state index contributed by atoms with van der Waals surface area (Å²) >= 11 is 9.47. The summed E-state index contributed by atoms with van der Waals surface area (Å²) in [5, 5.41) is 4.36. The Labute approximate surface area is 134 Å². The third-order valence-electron chi connectivity index (χ3n) is 3.41. The summed E-state index contributed by atoms with van der Waals surface area (Å²) in [7, 11) is 0. The molecule has 0 aromatic heterocycles. The Morgan fingerprint density at radius 2 is 1.85 bits per heavy atom. The van der Waals surface area contributed by atoms with E-state index in [-0.39, 0.29) is 0 Å². The third kappa shape index (κ3) is 4.08. The van der Waals surface area contributed by atoms with Crippen molar-refractivity contribution in [2.75, 3.05) is 6.54 Å². The van der Waals surface area contributed by atoms with Crippen molar-refractivity contribution < 1.29 is 0 Å². The lowest BCUT2D eigenvalue weighted by Gasteiger charge is -2.21. The molecule has 0 fully saturated rings. The van der Waals surface area contributed by atoms with Crippen LogP contribution in [0.5, 0.6) is 0 Å². The molecule has 2 aromatic rings. The molecule has 2 rings (SSSR count). The van der Waals surface area contributed by atoms with Crippen LogP contribution >= 0.6 is 27.5 Å². The van der Waals surface area contributed by atoms with Crippen molar-refractivity contribution in [1.82, 2.24) is 5.32 Å². The summed E-state index contributed by atoms with van der Waals surface area (Å²) in [6.45, 7) is 5.25. The molecule has 0 bridgehead atoms. The van der Waals surface area contributed by atoms with E-state index in [4.69, 9.17) is 11.6 Å². The third-order valence-corrected chi connectivity index (χ3v) is 4.16. The first-order chi connectivity index (χ1) is 9.60. The maximum absolute atomic E-state index is 5.95. The molecular formula is C17H19BrClN. The molecule has 0 saturated carbocycles. The molecule has 0 amide bonds. The molecule has 0 aliphatic heterocycles. The first kappa shape index (κ1) is 15.6. The van der Waals surface area contributed by atoms with Crippen LogP contribution in [0.3, 0.4) is 0 Å². The smallest absolute Gasteiger partial charge is 0.0406 e. The highest BCUT2D eigenvalue weighted by Crippen LogP contribution is 2.25. The van der Waals surface area contributed by atoms with Crippen molar-refractivity contribution in [3.05, 3.63) is 68.7 Å². The van der Waals surface area contributed by atoms with Crippen LogP contribution in [-0.2, 0) is 6.42 Å². The number of hydrogen-bond donors (Lipinski definition) is 1. The Morgan fingerprint density at radius 1 is 1.15 bits per heavy atom. The van der Waals surface area contributed by atoms with Gasteiger partial charge in [-0.25, -0.2) is 0 Å². The zero-order valence-electron chi connectivity index (χ0n) is 11.8. The predicted octanol–water partition coefficient (Wildman–Crippen LogP) is 5.30. The number of hydrogen-bond acceptors (Lipinski definition) is 1. The molecule has 0 aliphatic rings. The largest absolute Gasteiger partial charge is 0.310 e.